The highest BCUT2D eigenvalue weighted by Crippen LogP contribution is 2.54. The lowest BCUT2D eigenvalue weighted by molar-refractivity contribution is -0.394. The van der Waals surface area contributed by atoms with Crippen molar-refractivity contribution in [3.63, 3.8) is 0 Å². The van der Waals surface area contributed by atoms with Crippen LogP contribution in [-0.2, 0) is 4.79 Å². The highest BCUT2D eigenvalue weighted by molar-refractivity contribution is 9.10. The number of carbonyl (C=O) groups is 1. The fourth-order valence-electron chi connectivity index (χ4n) is 0.975. The first kappa shape index (κ1) is 19.3. The molecule has 0 aliphatic heterocycles. The molecule has 0 aliphatic rings. The van der Waals surface area contributed by atoms with E-state index in [1.165, 1.54) is 6.92 Å². The van der Waals surface area contributed by atoms with E-state index < -0.39 is 34.7 Å². The van der Waals surface area contributed by atoms with Gasteiger partial charge in [0.1, 0.15) is 0 Å². The van der Waals surface area contributed by atoms with Gasteiger partial charge in [-0.15, -0.1) is 0 Å². The first-order valence-electron chi connectivity index (χ1n) is 4.76. The monoisotopic (exact) mass is 383 g/mol. The van der Waals surface area contributed by atoms with Crippen LogP contribution >= 0.6 is 15.9 Å². The molecular weight excluding hydrogens is 377 g/mol. The van der Waals surface area contributed by atoms with Crippen LogP contribution in [0.25, 0.3) is 0 Å². The third-order valence-corrected chi connectivity index (χ3v) is 3.06. The van der Waals surface area contributed by atoms with Crippen molar-refractivity contribution < 1.29 is 44.3 Å². The fourth-order valence-corrected chi connectivity index (χ4v) is 1.42. The van der Waals surface area contributed by atoms with Crippen molar-refractivity contribution in [2.24, 2.45) is 0 Å². The van der Waals surface area contributed by atoms with Gasteiger partial charge < -0.3 is 5.32 Å². The Kier molecular flexibility index (Phi) is 5.41. The van der Waals surface area contributed by atoms with Crippen LogP contribution in [0.4, 0.5) is 39.5 Å². The van der Waals surface area contributed by atoms with Crippen molar-refractivity contribution in [1.29, 1.82) is 0 Å². The highest BCUT2D eigenvalue weighted by Gasteiger charge is 2.83. The molecule has 1 unspecified atom stereocenters. The molecular formula is C8H7BrF9NO. The van der Waals surface area contributed by atoms with Crippen molar-refractivity contribution in [2.45, 2.75) is 35.7 Å². The minimum Gasteiger partial charge on any atom is -0.355 e. The molecule has 0 aliphatic carbocycles. The van der Waals surface area contributed by atoms with Gasteiger partial charge in [0, 0.05) is 6.54 Å². The Bertz CT molecular complexity index is 367. The zero-order chi connectivity index (χ0) is 16.6. The Hall–Kier alpha value is -0.680. The Morgan fingerprint density at radius 1 is 1.00 bits per heavy atom. The quantitative estimate of drug-likeness (QED) is 0.572. The van der Waals surface area contributed by atoms with Gasteiger partial charge in [-0.2, -0.15) is 39.5 Å². The molecule has 0 radical (unpaired) electrons. The molecule has 1 N–H and O–H groups in total. The van der Waals surface area contributed by atoms with Crippen molar-refractivity contribution >= 4 is 21.8 Å². The summed E-state index contributed by atoms with van der Waals surface area (Å²) < 4.78 is 112. The third-order valence-electron chi connectivity index (χ3n) is 2.07. The average Bonchev–Trinajstić information content (AvgIpc) is 2.26. The van der Waals surface area contributed by atoms with Crippen LogP contribution in [0.1, 0.15) is 6.92 Å². The lowest BCUT2D eigenvalue weighted by Crippen LogP contribution is -2.65. The number of halogens is 10. The Balaban J connectivity index is 5.63. The number of alkyl halides is 10. The van der Waals surface area contributed by atoms with Gasteiger partial charge >= 0.3 is 23.9 Å². The normalized spacial score (nSPS) is 15.9. The molecule has 0 spiro atoms. The molecule has 0 aromatic rings. The van der Waals surface area contributed by atoms with E-state index >= 15 is 0 Å². The summed E-state index contributed by atoms with van der Waals surface area (Å²) in [5.74, 6) is -21.7. The van der Waals surface area contributed by atoms with Crippen molar-refractivity contribution in [1.82, 2.24) is 5.32 Å². The molecule has 0 heterocycles. The number of carbonyl (C=O) groups excluding carboxylic acids is 1. The summed E-state index contributed by atoms with van der Waals surface area (Å²) in [6.07, 6.45) is -6.91. The maximum absolute atomic E-state index is 13.2. The van der Waals surface area contributed by atoms with E-state index in [1.807, 2.05) is 0 Å². The number of hydrogen-bond acceptors (Lipinski definition) is 1. The van der Waals surface area contributed by atoms with E-state index in [4.69, 9.17) is 0 Å². The molecule has 1 atom stereocenters. The maximum atomic E-state index is 13.2. The van der Waals surface area contributed by atoms with Gasteiger partial charge in [0.15, 0.2) is 4.83 Å². The lowest BCUT2D eigenvalue weighted by Gasteiger charge is -2.35. The van der Waals surface area contributed by atoms with Gasteiger partial charge in [-0.3, -0.25) is 4.79 Å². The zero-order valence-corrected chi connectivity index (χ0v) is 11.1. The fraction of sp³-hybridized carbons (Fsp3) is 0.875. The standard InChI is InChI=1S/C8H7BrF9NO/c1-2-19-4(20)3(9)5(10,11)6(12,13)7(14,15)8(16,17)18/h3H,2H2,1H3,(H,19,20). The third kappa shape index (κ3) is 2.98. The lowest BCUT2D eigenvalue weighted by atomic mass is 10.0. The Morgan fingerprint density at radius 3 is 1.70 bits per heavy atom. The predicted molar refractivity (Wildman–Crippen MR) is 52.3 cm³/mol. The number of nitrogens with one attached hydrogen (secondary N) is 1. The van der Waals surface area contributed by atoms with Gasteiger partial charge in [0.05, 0.1) is 0 Å². The van der Waals surface area contributed by atoms with Crippen LogP contribution in [0.2, 0.25) is 0 Å². The van der Waals surface area contributed by atoms with E-state index in [2.05, 4.69) is 0 Å². The second kappa shape index (κ2) is 5.60. The molecule has 20 heavy (non-hydrogen) atoms. The Morgan fingerprint density at radius 2 is 1.40 bits per heavy atom. The van der Waals surface area contributed by atoms with Gasteiger partial charge in [-0.05, 0) is 6.92 Å². The van der Waals surface area contributed by atoms with Crippen molar-refractivity contribution in [3.8, 4) is 0 Å². The molecule has 1 amide bonds. The summed E-state index contributed by atoms with van der Waals surface area (Å²) in [5, 5.41) is 1.59. The SMILES string of the molecule is CCNC(=O)C(Br)C(F)(F)C(F)(F)C(F)(F)C(F)(F)F. The summed E-state index contributed by atoms with van der Waals surface area (Å²) in [4.78, 5) is 7.65. The van der Waals surface area contributed by atoms with Gasteiger partial charge in [0.2, 0.25) is 5.91 Å². The first-order chi connectivity index (χ1) is 8.64. The second-order valence-electron chi connectivity index (χ2n) is 3.53. The summed E-state index contributed by atoms with van der Waals surface area (Å²) in [6, 6.07) is 0. The molecule has 0 saturated carbocycles. The summed E-state index contributed by atoms with van der Waals surface area (Å²) >= 11 is 1.72. The minimum atomic E-state index is -7.01. The van der Waals surface area contributed by atoms with Crippen LogP contribution in [0.15, 0.2) is 0 Å². The topological polar surface area (TPSA) is 29.1 Å². The summed E-state index contributed by atoms with van der Waals surface area (Å²) in [7, 11) is 0. The van der Waals surface area contributed by atoms with Crippen LogP contribution in [0.5, 0.6) is 0 Å². The summed E-state index contributed by atoms with van der Waals surface area (Å²) in [6.45, 7) is 0.872. The number of rotatable bonds is 5. The predicted octanol–water partition coefficient (Wildman–Crippen LogP) is 3.35. The van der Waals surface area contributed by atoms with E-state index in [1.54, 1.807) is 21.2 Å². The Labute approximate surface area is 114 Å². The first-order valence-corrected chi connectivity index (χ1v) is 5.68. The smallest absolute Gasteiger partial charge is 0.355 e. The maximum Gasteiger partial charge on any atom is 0.460 e. The largest absolute Gasteiger partial charge is 0.460 e. The summed E-state index contributed by atoms with van der Waals surface area (Å²) in [5.41, 5.74) is 0. The van der Waals surface area contributed by atoms with Crippen LogP contribution in [-0.4, -0.2) is 41.2 Å². The molecule has 0 aromatic heterocycles. The number of hydrogen-bond donors (Lipinski definition) is 1. The average molecular weight is 384 g/mol. The molecule has 120 valence electrons. The van der Waals surface area contributed by atoms with E-state index in [9.17, 15) is 44.3 Å². The van der Waals surface area contributed by atoms with Crippen molar-refractivity contribution in [3.05, 3.63) is 0 Å². The molecule has 0 aromatic carbocycles. The zero-order valence-electron chi connectivity index (χ0n) is 9.47. The van der Waals surface area contributed by atoms with Gasteiger partial charge in [-0.1, -0.05) is 15.9 Å². The van der Waals surface area contributed by atoms with Crippen LogP contribution < -0.4 is 5.32 Å². The van der Waals surface area contributed by atoms with E-state index in [-0.39, 0.29) is 6.54 Å². The van der Waals surface area contributed by atoms with Crippen LogP contribution in [0.3, 0.4) is 0 Å². The number of amides is 1. The van der Waals surface area contributed by atoms with E-state index in [0.717, 1.165) is 0 Å². The minimum absolute atomic E-state index is 0.321. The molecule has 0 rings (SSSR count). The second-order valence-corrected chi connectivity index (χ2v) is 4.44. The van der Waals surface area contributed by atoms with Crippen molar-refractivity contribution in [2.75, 3.05) is 6.54 Å². The molecule has 0 fully saturated rings. The highest BCUT2D eigenvalue weighted by atomic mass is 79.9. The van der Waals surface area contributed by atoms with E-state index in [0.29, 0.717) is 0 Å². The molecule has 0 bridgehead atoms. The van der Waals surface area contributed by atoms with Gasteiger partial charge in [-0.25, -0.2) is 0 Å². The van der Waals surface area contributed by atoms with Gasteiger partial charge in [0.25, 0.3) is 0 Å². The molecule has 0 saturated heterocycles. The molecule has 2 nitrogen and oxygen atoms in total. The molecule has 12 heteroatoms. The van der Waals surface area contributed by atoms with Crippen LogP contribution in [0, 0.1) is 0 Å².